The fourth-order valence-corrected chi connectivity index (χ4v) is 2.83. The lowest BCUT2D eigenvalue weighted by molar-refractivity contribution is -0.120. The molecule has 0 saturated heterocycles. The van der Waals surface area contributed by atoms with Gasteiger partial charge in [-0.05, 0) is 51.4 Å². The molecule has 0 aliphatic heterocycles. The Kier molecular flexibility index (Phi) is 7.71. The summed E-state index contributed by atoms with van der Waals surface area (Å²) in [6.45, 7) is 10.9. The predicted octanol–water partition coefficient (Wildman–Crippen LogP) is 6.02. The number of hydrogen-bond donors (Lipinski definition) is 0. The second-order valence-electron chi connectivity index (χ2n) is 7.09. The molecule has 0 aromatic carbocycles. The van der Waals surface area contributed by atoms with E-state index < -0.39 is 0 Å². The van der Waals surface area contributed by atoms with Gasteiger partial charge < -0.3 is 0 Å². The predicted molar refractivity (Wildman–Crippen MR) is 92.3 cm³/mol. The maximum atomic E-state index is 12.1. The van der Waals surface area contributed by atoms with Gasteiger partial charge in [-0.2, -0.15) is 0 Å². The first kappa shape index (κ1) is 17.9. The van der Waals surface area contributed by atoms with Crippen molar-refractivity contribution < 1.29 is 4.79 Å². The number of allylic oxidation sites excluding steroid dienone is 6. The highest BCUT2D eigenvalue weighted by molar-refractivity contribution is 5.79. The van der Waals surface area contributed by atoms with Crippen LogP contribution in [0.1, 0.15) is 73.1 Å². The van der Waals surface area contributed by atoms with Gasteiger partial charge in [-0.1, -0.05) is 55.7 Å². The average molecular weight is 288 g/mol. The van der Waals surface area contributed by atoms with E-state index in [1.807, 2.05) is 0 Å². The van der Waals surface area contributed by atoms with E-state index in [0.29, 0.717) is 30.5 Å². The molecular formula is C20H32O. The number of carbonyl (C=O) groups excluding carboxylic acids is 1. The van der Waals surface area contributed by atoms with Crippen LogP contribution in [0, 0.1) is 11.8 Å². The monoisotopic (exact) mass is 288 g/mol. The van der Waals surface area contributed by atoms with Crippen molar-refractivity contribution in [3.63, 3.8) is 0 Å². The molecule has 0 fully saturated rings. The summed E-state index contributed by atoms with van der Waals surface area (Å²) in [6.07, 6.45) is 12.8. The molecule has 21 heavy (non-hydrogen) atoms. The van der Waals surface area contributed by atoms with Gasteiger partial charge in [0.1, 0.15) is 5.78 Å². The summed E-state index contributed by atoms with van der Waals surface area (Å²) in [5.41, 5.74) is 4.34. The molecule has 0 radical (unpaired) electrons. The molecule has 0 bridgehead atoms. The van der Waals surface area contributed by atoms with Crippen molar-refractivity contribution in [2.45, 2.75) is 73.1 Å². The lowest BCUT2D eigenvalue weighted by Gasteiger charge is -2.17. The van der Waals surface area contributed by atoms with Crippen molar-refractivity contribution in [3.05, 3.63) is 34.9 Å². The van der Waals surface area contributed by atoms with E-state index in [-0.39, 0.29) is 0 Å². The van der Waals surface area contributed by atoms with Crippen molar-refractivity contribution >= 4 is 5.78 Å². The summed E-state index contributed by atoms with van der Waals surface area (Å²) in [6, 6.07) is 0. The molecule has 1 atom stereocenters. The van der Waals surface area contributed by atoms with Crippen molar-refractivity contribution in [2.75, 3.05) is 0 Å². The largest absolute Gasteiger partial charge is 0.300 e. The number of ketones is 1. The Labute approximate surface area is 131 Å². The third-order valence-electron chi connectivity index (χ3n) is 4.22. The zero-order chi connectivity index (χ0) is 15.8. The van der Waals surface area contributed by atoms with E-state index in [1.165, 1.54) is 16.7 Å². The van der Waals surface area contributed by atoms with Crippen LogP contribution in [-0.4, -0.2) is 5.78 Å². The lowest BCUT2D eigenvalue weighted by atomic mass is 9.88. The van der Waals surface area contributed by atoms with Crippen LogP contribution in [0.2, 0.25) is 0 Å². The fraction of sp³-hybridized carbons (Fsp3) is 0.650. The number of hydrogen-bond acceptors (Lipinski definition) is 1. The van der Waals surface area contributed by atoms with Gasteiger partial charge in [0.2, 0.25) is 0 Å². The first-order chi connectivity index (χ1) is 9.88. The van der Waals surface area contributed by atoms with Gasteiger partial charge in [0.25, 0.3) is 0 Å². The standard InChI is InChI=1S/C20H32O/c1-15(2)13-20(21)14-18(5)19-11-9-16(3)7-6-8-17(4)10-12-19/h7,10,12,15,18H,6,8-9,11,13-14H2,1-5H3/b16-7?,17-10+,19-12+/t18-/m0/s1. The summed E-state index contributed by atoms with van der Waals surface area (Å²) in [5.74, 6) is 1.24. The first-order valence-electron chi connectivity index (χ1n) is 8.42. The maximum absolute atomic E-state index is 12.1. The van der Waals surface area contributed by atoms with Gasteiger partial charge in [-0.3, -0.25) is 4.79 Å². The smallest absolute Gasteiger partial charge is 0.133 e. The van der Waals surface area contributed by atoms with Gasteiger partial charge in [-0.25, -0.2) is 0 Å². The molecule has 0 aromatic heterocycles. The molecular weight excluding hydrogens is 256 g/mol. The minimum atomic E-state index is 0.368. The molecule has 1 rings (SSSR count). The van der Waals surface area contributed by atoms with Crippen molar-refractivity contribution in [3.8, 4) is 0 Å². The second kappa shape index (κ2) is 9.02. The van der Waals surface area contributed by atoms with Gasteiger partial charge in [-0.15, -0.1) is 0 Å². The third kappa shape index (κ3) is 7.45. The van der Waals surface area contributed by atoms with Gasteiger partial charge in [0.05, 0.1) is 0 Å². The van der Waals surface area contributed by atoms with Crippen LogP contribution in [0.4, 0.5) is 0 Å². The van der Waals surface area contributed by atoms with Crippen molar-refractivity contribution in [1.29, 1.82) is 0 Å². The molecule has 0 saturated carbocycles. The SMILES string of the molecule is CC1=CCC/C(C)=C/C=C(/[C@@H](C)CC(=O)CC(C)C)CC1. The van der Waals surface area contributed by atoms with Crippen LogP contribution < -0.4 is 0 Å². The topological polar surface area (TPSA) is 17.1 Å². The summed E-state index contributed by atoms with van der Waals surface area (Å²) >= 11 is 0. The fourth-order valence-electron chi connectivity index (χ4n) is 2.83. The highest BCUT2D eigenvalue weighted by atomic mass is 16.1. The van der Waals surface area contributed by atoms with E-state index >= 15 is 0 Å². The number of carbonyl (C=O) groups is 1. The van der Waals surface area contributed by atoms with Crippen LogP contribution in [0.5, 0.6) is 0 Å². The molecule has 0 spiro atoms. The Bertz CT molecular complexity index is 435. The minimum Gasteiger partial charge on any atom is -0.300 e. The highest BCUT2D eigenvalue weighted by Gasteiger charge is 2.14. The Balaban J connectivity index is 2.75. The van der Waals surface area contributed by atoms with Crippen LogP contribution in [0.25, 0.3) is 0 Å². The van der Waals surface area contributed by atoms with E-state index in [0.717, 1.165) is 25.7 Å². The van der Waals surface area contributed by atoms with Crippen LogP contribution in [0.3, 0.4) is 0 Å². The van der Waals surface area contributed by atoms with Crippen LogP contribution >= 0.6 is 0 Å². The number of Topliss-reactive ketones (excluding diaryl/α,β-unsaturated/α-hetero) is 1. The summed E-state index contributed by atoms with van der Waals surface area (Å²) in [7, 11) is 0. The van der Waals surface area contributed by atoms with Crippen molar-refractivity contribution in [2.24, 2.45) is 11.8 Å². The van der Waals surface area contributed by atoms with Crippen molar-refractivity contribution in [1.82, 2.24) is 0 Å². The molecule has 0 N–H and O–H groups in total. The zero-order valence-electron chi connectivity index (χ0n) is 14.5. The molecule has 1 heteroatoms. The molecule has 0 amide bonds. The Morgan fingerprint density at radius 3 is 2.38 bits per heavy atom. The summed E-state index contributed by atoms with van der Waals surface area (Å²) < 4.78 is 0. The zero-order valence-corrected chi connectivity index (χ0v) is 14.5. The molecule has 0 heterocycles. The van der Waals surface area contributed by atoms with Gasteiger partial charge in [0.15, 0.2) is 0 Å². The summed E-state index contributed by atoms with van der Waals surface area (Å²) in [4.78, 5) is 12.1. The molecule has 0 unspecified atom stereocenters. The minimum absolute atomic E-state index is 0.368. The third-order valence-corrected chi connectivity index (χ3v) is 4.22. The van der Waals surface area contributed by atoms with Gasteiger partial charge >= 0.3 is 0 Å². The van der Waals surface area contributed by atoms with E-state index in [4.69, 9.17) is 0 Å². The molecule has 1 aliphatic carbocycles. The molecule has 118 valence electrons. The Morgan fingerprint density at radius 1 is 1.00 bits per heavy atom. The Hall–Kier alpha value is -1.11. The molecule has 1 aliphatic rings. The quantitative estimate of drug-likeness (QED) is 0.565. The maximum Gasteiger partial charge on any atom is 0.133 e. The molecule has 0 aromatic rings. The first-order valence-corrected chi connectivity index (χ1v) is 8.42. The second-order valence-corrected chi connectivity index (χ2v) is 7.09. The summed E-state index contributed by atoms with van der Waals surface area (Å²) in [5, 5.41) is 0. The van der Waals surface area contributed by atoms with Crippen LogP contribution in [-0.2, 0) is 4.79 Å². The Morgan fingerprint density at radius 2 is 1.71 bits per heavy atom. The lowest BCUT2D eigenvalue weighted by Crippen LogP contribution is -2.10. The normalized spacial score (nSPS) is 23.6. The van der Waals surface area contributed by atoms with E-state index in [2.05, 4.69) is 52.8 Å². The average Bonchev–Trinajstić information content (AvgIpc) is 2.37. The van der Waals surface area contributed by atoms with E-state index in [9.17, 15) is 4.79 Å². The highest BCUT2D eigenvalue weighted by Crippen LogP contribution is 2.25. The van der Waals surface area contributed by atoms with Crippen LogP contribution in [0.15, 0.2) is 34.9 Å². The van der Waals surface area contributed by atoms with Gasteiger partial charge in [0, 0.05) is 12.8 Å². The van der Waals surface area contributed by atoms with E-state index in [1.54, 1.807) is 0 Å². The molecule has 1 nitrogen and oxygen atoms in total. The number of rotatable bonds is 5.